The Hall–Kier alpha value is -1.92. The van der Waals surface area contributed by atoms with Gasteiger partial charge >= 0.3 is 5.97 Å². The number of halogens is 3. The second-order valence-electron chi connectivity index (χ2n) is 4.11. The summed E-state index contributed by atoms with van der Waals surface area (Å²) >= 11 is 8.87. The first kappa shape index (κ1) is 15.5. The molecule has 2 aromatic carbocycles. The second-order valence-corrected chi connectivity index (χ2v) is 5.46. The highest BCUT2D eigenvalue weighted by atomic mass is 79.9. The van der Waals surface area contributed by atoms with E-state index in [1.54, 1.807) is 0 Å². The maximum atomic E-state index is 13.6. The van der Waals surface area contributed by atoms with Gasteiger partial charge in [0.05, 0.1) is 11.1 Å². The highest BCUT2D eigenvalue weighted by molar-refractivity contribution is 9.10. The first-order valence-corrected chi connectivity index (χ1v) is 6.84. The number of aromatic carboxylic acids is 1. The molecule has 0 saturated carbocycles. The maximum absolute atomic E-state index is 13.6. The minimum atomic E-state index is -1.14. The van der Waals surface area contributed by atoms with Gasteiger partial charge in [-0.15, -0.1) is 0 Å². The Labute approximate surface area is 132 Å². The van der Waals surface area contributed by atoms with E-state index in [1.165, 1.54) is 30.3 Å². The SMILES string of the molecule is O=C(O)c1cc(Br)cc(NC(=O)c2cc(Cl)ccc2F)c1. The van der Waals surface area contributed by atoms with Crippen LogP contribution in [-0.4, -0.2) is 17.0 Å². The lowest BCUT2D eigenvalue weighted by Crippen LogP contribution is -2.14. The van der Waals surface area contributed by atoms with E-state index in [2.05, 4.69) is 21.2 Å². The first-order chi connectivity index (χ1) is 9.86. The molecule has 0 radical (unpaired) electrons. The third-order valence-electron chi connectivity index (χ3n) is 2.58. The number of benzene rings is 2. The zero-order valence-electron chi connectivity index (χ0n) is 10.4. The van der Waals surface area contributed by atoms with Gasteiger partial charge in [0.2, 0.25) is 0 Å². The topological polar surface area (TPSA) is 66.4 Å². The van der Waals surface area contributed by atoms with Crippen LogP contribution in [0, 0.1) is 5.82 Å². The number of anilines is 1. The van der Waals surface area contributed by atoms with E-state index in [0.717, 1.165) is 6.07 Å². The number of carbonyl (C=O) groups excluding carboxylic acids is 1. The normalized spacial score (nSPS) is 10.2. The number of carbonyl (C=O) groups is 2. The number of carboxylic acid groups (broad SMARTS) is 1. The van der Waals surface area contributed by atoms with Crippen LogP contribution in [0.3, 0.4) is 0 Å². The molecule has 0 saturated heterocycles. The van der Waals surface area contributed by atoms with Crippen molar-refractivity contribution < 1.29 is 19.1 Å². The summed E-state index contributed by atoms with van der Waals surface area (Å²) in [5.74, 6) is -2.57. The summed E-state index contributed by atoms with van der Waals surface area (Å²) in [6.07, 6.45) is 0. The fourth-order valence-corrected chi connectivity index (χ4v) is 2.32. The minimum absolute atomic E-state index is 0.00811. The molecule has 0 atom stereocenters. The number of nitrogens with one attached hydrogen (secondary N) is 1. The van der Waals surface area contributed by atoms with E-state index in [-0.39, 0.29) is 21.8 Å². The Morgan fingerprint density at radius 1 is 1.19 bits per heavy atom. The van der Waals surface area contributed by atoms with Crippen LogP contribution in [0.15, 0.2) is 40.9 Å². The molecule has 0 bridgehead atoms. The molecule has 4 nitrogen and oxygen atoms in total. The molecule has 0 aliphatic heterocycles. The molecule has 0 aliphatic rings. The van der Waals surface area contributed by atoms with Crippen LogP contribution in [-0.2, 0) is 0 Å². The van der Waals surface area contributed by atoms with Gasteiger partial charge < -0.3 is 10.4 Å². The summed E-state index contributed by atoms with van der Waals surface area (Å²) in [7, 11) is 0. The summed E-state index contributed by atoms with van der Waals surface area (Å²) in [5, 5.41) is 11.6. The van der Waals surface area contributed by atoms with Crippen molar-refractivity contribution in [1.82, 2.24) is 0 Å². The van der Waals surface area contributed by atoms with Crippen LogP contribution in [0.4, 0.5) is 10.1 Å². The number of amides is 1. The van der Waals surface area contributed by atoms with Gasteiger partial charge in [0, 0.05) is 15.2 Å². The van der Waals surface area contributed by atoms with E-state index >= 15 is 0 Å². The molecule has 2 N–H and O–H groups in total. The summed E-state index contributed by atoms with van der Waals surface area (Å²) < 4.78 is 14.1. The van der Waals surface area contributed by atoms with Crippen LogP contribution in [0.1, 0.15) is 20.7 Å². The first-order valence-electron chi connectivity index (χ1n) is 5.67. The van der Waals surface area contributed by atoms with Crippen molar-refractivity contribution in [2.75, 3.05) is 5.32 Å². The van der Waals surface area contributed by atoms with Crippen LogP contribution < -0.4 is 5.32 Å². The van der Waals surface area contributed by atoms with Gasteiger partial charge in [-0.05, 0) is 36.4 Å². The Bertz CT molecular complexity index is 736. The standard InChI is InChI=1S/C14H8BrClFNO3/c15-8-3-7(14(20)21)4-10(5-8)18-13(19)11-6-9(16)1-2-12(11)17/h1-6H,(H,18,19)(H,20,21). The predicted molar refractivity (Wildman–Crippen MR) is 80.5 cm³/mol. The molecule has 0 aromatic heterocycles. The monoisotopic (exact) mass is 371 g/mol. The zero-order chi connectivity index (χ0) is 15.6. The third kappa shape index (κ3) is 3.80. The van der Waals surface area contributed by atoms with Crippen molar-refractivity contribution in [2.45, 2.75) is 0 Å². The molecule has 21 heavy (non-hydrogen) atoms. The summed E-state index contributed by atoms with van der Waals surface area (Å²) in [6.45, 7) is 0. The number of rotatable bonds is 3. The van der Waals surface area contributed by atoms with Crippen molar-refractivity contribution in [3.8, 4) is 0 Å². The average molecular weight is 373 g/mol. The van der Waals surface area contributed by atoms with E-state index < -0.39 is 17.7 Å². The quantitative estimate of drug-likeness (QED) is 0.849. The summed E-state index contributed by atoms with van der Waals surface area (Å²) in [6, 6.07) is 7.77. The number of hydrogen-bond acceptors (Lipinski definition) is 2. The lowest BCUT2D eigenvalue weighted by Gasteiger charge is -2.08. The molecule has 7 heteroatoms. The zero-order valence-corrected chi connectivity index (χ0v) is 12.7. The lowest BCUT2D eigenvalue weighted by molar-refractivity contribution is 0.0696. The highest BCUT2D eigenvalue weighted by Gasteiger charge is 2.14. The van der Waals surface area contributed by atoms with Crippen molar-refractivity contribution >= 4 is 45.1 Å². The maximum Gasteiger partial charge on any atom is 0.335 e. The van der Waals surface area contributed by atoms with Gasteiger partial charge in [0.1, 0.15) is 5.82 Å². The van der Waals surface area contributed by atoms with Gasteiger partial charge in [-0.3, -0.25) is 4.79 Å². The summed E-state index contributed by atoms with van der Waals surface area (Å²) in [5.41, 5.74) is -0.00302. The molecule has 2 rings (SSSR count). The van der Waals surface area contributed by atoms with Crippen LogP contribution >= 0.6 is 27.5 Å². The molecule has 0 fully saturated rings. The second kappa shape index (κ2) is 6.24. The van der Waals surface area contributed by atoms with Gasteiger partial charge in [-0.25, -0.2) is 9.18 Å². The number of hydrogen-bond donors (Lipinski definition) is 2. The van der Waals surface area contributed by atoms with Crippen LogP contribution in [0.5, 0.6) is 0 Å². The largest absolute Gasteiger partial charge is 0.478 e. The van der Waals surface area contributed by atoms with Gasteiger partial charge in [-0.1, -0.05) is 27.5 Å². The molecular weight excluding hydrogens is 365 g/mol. The van der Waals surface area contributed by atoms with Gasteiger partial charge in [0.15, 0.2) is 0 Å². The molecule has 0 unspecified atom stereocenters. The minimum Gasteiger partial charge on any atom is -0.478 e. The van der Waals surface area contributed by atoms with E-state index in [1.807, 2.05) is 0 Å². The van der Waals surface area contributed by atoms with Crippen molar-refractivity contribution in [1.29, 1.82) is 0 Å². The molecule has 1 amide bonds. The fourth-order valence-electron chi connectivity index (χ4n) is 1.66. The smallest absolute Gasteiger partial charge is 0.335 e. The van der Waals surface area contributed by atoms with Crippen LogP contribution in [0.25, 0.3) is 0 Å². The van der Waals surface area contributed by atoms with E-state index in [0.29, 0.717) is 4.47 Å². The Balaban J connectivity index is 2.31. The molecule has 2 aromatic rings. The Kier molecular flexibility index (Phi) is 4.59. The Morgan fingerprint density at radius 3 is 2.57 bits per heavy atom. The van der Waals surface area contributed by atoms with E-state index in [4.69, 9.17) is 16.7 Å². The molecular formula is C14H8BrClFNO3. The van der Waals surface area contributed by atoms with Gasteiger partial charge in [-0.2, -0.15) is 0 Å². The molecule has 0 heterocycles. The lowest BCUT2D eigenvalue weighted by atomic mass is 10.1. The number of carboxylic acids is 1. The molecule has 0 spiro atoms. The van der Waals surface area contributed by atoms with Gasteiger partial charge in [0.25, 0.3) is 5.91 Å². The Morgan fingerprint density at radius 2 is 1.90 bits per heavy atom. The van der Waals surface area contributed by atoms with Crippen molar-refractivity contribution in [2.24, 2.45) is 0 Å². The molecule has 108 valence electrons. The van der Waals surface area contributed by atoms with Crippen molar-refractivity contribution in [3.63, 3.8) is 0 Å². The van der Waals surface area contributed by atoms with Crippen LogP contribution in [0.2, 0.25) is 5.02 Å². The third-order valence-corrected chi connectivity index (χ3v) is 3.27. The predicted octanol–water partition coefficient (Wildman–Crippen LogP) is 4.19. The average Bonchev–Trinajstić information content (AvgIpc) is 2.40. The highest BCUT2D eigenvalue weighted by Crippen LogP contribution is 2.21. The van der Waals surface area contributed by atoms with Crippen molar-refractivity contribution in [3.05, 3.63) is 62.8 Å². The molecule has 0 aliphatic carbocycles. The fraction of sp³-hybridized carbons (Fsp3) is 0. The summed E-state index contributed by atoms with van der Waals surface area (Å²) in [4.78, 5) is 23.0. The van der Waals surface area contributed by atoms with E-state index in [9.17, 15) is 14.0 Å².